The zero-order valence-corrected chi connectivity index (χ0v) is 14.4. The largest absolute Gasteiger partial charge is 0.326 e. The molecule has 0 radical (unpaired) electrons. The van der Waals surface area contributed by atoms with E-state index in [1.807, 2.05) is 12.1 Å². The number of nitrogens with zero attached hydrogens (tertiary/aromatic N) is 3. The third-order valence-electron chi connectivity index (χ3n) is 3.54. The first-order valence-electron chi connectivity index (χ1n) is 7.12. The van der Waals surface area contributed by atoms with Crippen LogP contribution < -0.4 is 0 Å². The van der Waals surface area contributed by atoms with Crippen LogP contribution in [0.25, 0.3) is 11.0 Å². The van der Waals surface area contributed by atoms with Crippen molar-refractivity contribution in [2.24, 2.45) is 0 Å². The van der Waals surface area contributed by atoms with Gasteiger partial charge in [-0.25, -0.2) is 4.98 Å². The topological polar surface area (TPSA) is 21.1 Å². The molecule has 0 aliphatic heterocycles. The van der Waals surface area contributed by atoms with E-state index in [1.54, 1.807) is 0 Å². The fraction of sp³-hybridized carbons (Fsp3) is 0.533. The van der Waals surface area contributed by atoms with Gasteiger partial charge in [0.1, 0.15) is 5.82 Å². The second kappa shape index (κ2) is 7.43. The lowest BCUT2D eigenvalue weighted by Crippen LogP contribution is -2.28. The van der Waals surface area contributed by atoms with Crippen LogP contribution in [-0.2, 0) is 12.4 Å². The maximum atomic E-state index is 6.05. The minimum Gasteiger partial charge on any atom is -0.326 e. The molecule has 0 N–H and O–H groups in total. The fourth-order valence-corrected chi connectivity index (χ4v) is 3.04. The van der Waals surface area contributed by atoms with Gasteiger partial charge in [0.05, 0.1) is 16.9 Å². The summed E-state index contributed by atoms with van der Waals surface area (Å²) in [5, 5.41) is 0. The predicted molar refractivity (Wildman–Crippen MR) is 89.4 cm³/mol. The predicted octanol–water partition coefficient (Wildman–Crippen LogP) is 4.27. The number of halogens is 2. The van der Waals surface area contributed by atoms with Crippen molar-refractivity contribution in [1.82, 2.24) is 14.5 Å². The van der Waals surface area contributed by atoms with E-state index in [0.717, 1.165) is 47.5 Å². The second-order valence-corrected chi connectivity index (χ2v) is 6.06. The highest BCUT2D eigenvalue weighted by Crippen LogP contribution is 2.22. The first-order chi connectivity index (χ1) is 9.69. The van der Waals surface area contributed by atoms with E-state index >= 15 is 0 Å². The molecule has 0 aliphatic rings. The average Bonchev–Trinajstić information content (AvgIpc) is 2.80. The van der Waals surface area contributed by atoms with Crippen molar-refractivity contribution in [3.63, 3.8) is 0 Å². The van der Waals surface area contributed by atoms with Crippen molar-refractivity contribution in [2.45, 2.75) is 32.7 Å². The Hall–Kier alpha value is -0.580. The molecule has 3 nitrogen and oxygen atoms in total. The lowest BCUT2D eigenvalue weighted by molar-refractivity contribution is 0.277. The molecular formula is C15H21BrClN3. The Morgan fingerprint density at radius 2 is 2.10 bits per heavy atom. The van der Waals surface area contributed by atoms with Gasteiger partial charge in [-0.3, -0.25) is 0 Å². The van der Waals surface area contributed by atoms with E-state index in [9.17, 15) is 0 Å². The van der Waals surface area contributed by atoms with Crippen molar-refractivity contribution in [1.29, 1.82) is 0 Å². The Labute approximate surface area is 134 Å². The van der Waals surface area contributed by atoms with Gasteiger partial charge in [-0.2, -0.15) is 0 Å². The average molecular weight is 359 g/mol. The highest BCUT2D eigenvalue weighted by Gasteiger charge is 2.11. The van der Waals surface area contributed by atoms with Crippen molar-refractivity contribution in [3.05, 3.63) is 28.5 Å². The standard InChI is InChI=1S/C15H21BrClN3/c1-3-7-19(4-2)8-9-20-14-10-12(16)5-6-13(14)18-15(20)11-17/h5-6,10H,3-4,7-9,11H2,1-2H3. The summed E-state index contributed by atoms with van der Waals surface area (Å²) >= 11 is 9.58. The second-order valence-electron chi connectivity index (χ2n) is 4.88. The van der Waals surface area contributed by atoms with Gasteiger partial charge in [0.15, 0.2) is 0 Å². The molecule has 0 aliphatic carbocycles. The molecule has 0 amide bonds. The van der Waals surface area contributed by atoms with Gasteiger partial charge in [0, 0.05) is 17.6 Å². The molecule has 0 atom stereocenters. The summed E-state index contributed by atoms with van der Waals surface area (Å²) in [6.45, 7) is 8.62. The summed E-state index contributed by atoms with van der Waals surface area (Å²) < 4.78 is 3.32. The van der Waals surface area contributed by atoms with Gasteiger partial charge in [0.2, 0.25) is 0 Å². The summed E-state index contributed by atoms with van der Waals surface area (Å²) in [5.41, 5.74) is 2.17. The number of imidazole rings is 1. The third-order valence-corrected chi connectivity index (χ3v) is 4.27. The van der Waals surface area contributed by atoms with Gasteiger partial charge in [-0.05, 0) is 37.7 Å². The van der Waals surface area contributed by atoms with Crippen LogP contribution in [0.3, 0.4) is 0 Å². The number of fused-ring (bicyclic) bond motifs is 1. The molecule has 1 heterocycles. The number of rotatable bonds is 7. The van der Waals surface area contributed by atoms with Crippen LogP contribution >= 0.6 is 27.5 Å². The van der Waals surface area contributed by atoms with Gasteiger partial charge in [0.25, 0.3) is 0 Å². The molecule has 1 aromatic heterocycles. The minimum atomic E-state index is 0.451. The Bertz CT molecular complexity index is 567. The minimum absolute atomic E-state index is 0.451. The van der Waals surface area contributed by atoms with Gasteiger partial charge >= 0.3 is 0 Å². The van der Waals surface area contributed by atoms with Gasteiger partial charge < -0.3 is 9.47 Å². The Morgan fingerprint density at radius 3 is 2.75 bits per heavy atom. The molecule has 2 aromatic rings. The van der Waals surface area contributed by atoms with Crippen LogP contribution in [0.2, 0.25) is 0 Å². The number of hydrogen-bond acceptors (Lipinski definition) is 2. The molecule has 2 rings (SSSR count). The fourth-order valence-electron chi connectivity index (χ4n) is 2.48. The zero-order chi connectivity index (χ0) is 14.5. The van der Waals surface area contributed by atoms with Gasteiger partial charge in [-0.15, -0.1) is 11.6 Å². The van der Waals surface area contributed by atoms with Crippen LogP contribution in [0.1, 0.15) is 26.1 Å². The summed E-state index contributed by atoms with van der Waals surface area (Å²) in [6, 6.07) is 6.18. The first-order valence-corrected chi connectivity index (χ1v) is 8.45. The van der Waals surface area contributed by atoms with Crippen LogP contribution in [0.4, 0.5) is 0 Å². The van der Waals surface area contributed by atoms with Crippen LogP contribution in [0.5, 0.6) is 0 Å². The quantitative estimate of drug-likeness (QED) is 0.689. The molecule has 0 saturated carbocycles. The Morgan fingerprint density at radius 1 is 1.30 bits per heavy atom. The molecule has 0 spiro atoms. The lowest BCUT2D eigenvalue weighted by atomic mass is 10.3. The summed E-state index contributed by atoms with van der Waals surface area (Å²) in [4.78, 5) is 7.07. The van der Waals surface area contributed by atoms with Crippen LogP contribution in [-0.4, -0.2) is 34.1 Å². The first kappa shape index (κ1) is 15.8. The summed E-state index contributed by atoms with van der Waals surface area (Å²) in [5.74, 6) is 1.40. The number of aromatic nitrogens is 2. The zero-order valence-electron chi connectivity index (χ0n) is 12.1. The van der Waals surface area contributed by atoms with E-state index < -0.39 is 0 Å². The summed E-state index contributed by atoms with van der Waals surface area (Å²) in [6.07, 6.45) is 1.19. The smallest absolute Gasteiger partial charge is 0.124 e. The number of alkyl halides is 1. The molecule has 0 fully saturated rings. The molecule has 0 unspecified atom stereocenters. The van der Waals surface area contributed by atoms with E-state index in [1.165, 1.54) is 6.42 Å². The maximum absolute atomic E-state index is 6.05. The molecule has 0 saturated heterocycles. The SMILES string of the molecule is CCCN(CC)CCn1c(CCl)nc2ccc(Br)cc21. The lowest BCUT2D eigenvalue weighted by Gasteiger charge is -2.20. The van der Waals surface area contributed by atoms with E-state index in [0.29, 0.717) is 5.88 Å². The van der Waals surface area contributed by atoms with Crippen molar-refractivity contribution < 1.29 is 0 Å². The number of benzene rings is 1. The normalized spacial score (nSPS) is 11.7. The molecule has 5 heteroatoms. The van der Waals surface area contributed by atoms with Crippen LogP contribution in [0, 0.1) is 0 Å². The molecule has 20 heavy (non-hydrogen) atoms. The van der Waals surface area contributed by atoms with E-state index in [2.05, 4.69) is 50.3 Å². The third kappa shape index (κ3) is 3.54. The summed E-state index contributed by atoms with van der Waals surface area (Å²) in [7, 11) is 0. The highest BCUT2D eigenvalue weighted by molar-refractivity contribution is 9.10. The molecule has 0 bridgehead atoms. The van der Waals surface area contributed by atoms with Crippen molar-refractivity contribution in [2.75, 3.05) is 19.6 Å². The van der Waals surface area contributed by atoms with Crippen molar-refractivity contribution in [3.8, 4) is 0 Å². The molecular weight excluding hydrogens is 338 g/mol. The van der Waals surface area contributed by atoms with E-state index in [-0.39, 0.29) is 0 Å². The Balaban J connectivity index is 2.25. The number of likely N-dealkylation sites (N-methyl/N-ethyl adjacent to an activating group) is 1. The Kier molecular flexibility index (Phi) is 5.87. The molecule has 110 valence electrons. The monoisotopic (exact) mass is 357 g/mol. The van der Waals surface area contributed by atoms with Gasteiger partial charge in [-0.1, -0.05) is 29.8 Å². The maximum Gasteiger partial charge on any atom is 0.124 e. The number of hydrogen-bond donors (Lipinski definition) is 0. The molecule has 1 aromatic carbocycles. The highest BCUT2D eigenvalue weighted by atomic mass is 79.9. The van der Waals surface area contributed by atoms with Crippen LogP contribution in [0.15, 0.2) is 22.7 Å². The van der Waals surface area contributed by atoms with Crippen molar-refractivity contribution >= 4 is 38.6 Å². The van der Waals surface area contributed by atoms with E-state index in [4.69, 9.17) is 11.6 Å².